The summed E-state index contributed by atoms with van der Waals surface area (Å²) in [6.07, 6.45) is 4.24. The van der Waals surface area contributed by atoms with Crippen LogP contribution in [0.1, 0.15) is 56.2 Å². The Hall–Kier alpha value is -2.62. The number of fused-ring (bicyclic) bond motifs is 1. The lowest BCUT2D eigenvalue weighted by atomic mass is 9.87. The zero-order valence-electron chi connectivity index (χ0n) is 16.9. The van der Waals surface area contributed by atoms with Gasteiger partial charge >= 0.3 is 0 Å². The number of hydrogen-bond acceptors (Lipinski definition) is 1. The molecule has 0 saturated carbocycles. The van der Waals surface area contributed by atoms with E-state index < -0.39 is 0 Å². The Bertz CT molecular complexity index is 927. The van der Waals surface area contributed by atoms with E-state index in [1.165, 1.54) is 17.7 Å². The summed E-state index contributed by atoms with van der Waals surface area (Å²) in [5, 5.41) is 4.16. The molecule has 0 spiro atoms. The maximum atomic E-state index is 13.5. The van der Waals surface area contributed by atoms with E-state index in [2.05, 4.69) is 49.3 Å². The second kappa shape index (κ2) is 9.05. The van der Waals surface area contributed by atoms with Crippen LogP contribution in [0.3, 0.4) is 0 Å². The standard InChI is InChI=1S/C24H29FN2O/c1-4-17-6-5-7-20-22(15-27-24(17)20)21(18-8-10-19(25)11-9-18)14-23(28)26-13-12-16(2)3/h5-11,15-16,21,27H,4,12-14H2,1-3H3,(H,26,28). The zero-order chi connectivity index (χ0) is 20.1. The number of aromatic nitrogens is 1. The number of aromatic amines is 1. The van der Waals surface area contributed by atoms with Gasteiger partial charge in [-0.05, 0) is 47.6 Å². The van der Waals surface area contributed by atoms with E-state index >= 15 is 0 Å². The van der Waals surface area contributed by atoms with Crippen LogP contribution >= 0.6 is 0 Å². The summed E-state index contributed by atoms with van der Waals surface area (Å²) in [6.45, 7) is 7.10. The molecule has 1 atom stereocenters. The number of nitrogens with one attached hydrogen (secondary N) is 2. The zero-order valence-corrected chi connectivity index (χ0v) is 16.9. The van der Waals surface area contributed by atoms with Gasteiger partial charge in [0.2, 0.25) is 5.91 Å². The predicted molar refractivity (Wildman–Crippen MR) is 113 cm³/mol. The summed E-state index contributed by atoms with van der Waals surface area (Å²) < 4.78 is 13.5. The Balaban J connectivity index is 1.93. The Morgan fingerprint density at radius 2 is 1.89 bits per heavy atom. The lowest BCUT2D eigenvalue weighted by molar-refractivity contribution is -0.121. The summed E-state index contributed by atoms with van der Waals surface area (Å²) in [7, 11) is 0. The van der Waals surface area contributed by atoms with E-state index in [9.17, 15) is 9.18 Å². The molecule has 0 fully saturated rings. The van der Waals surface area contributed by atoms with Crippen LogP contribution in [-0.2, 0) is 11.2 Å². The molecule has 2 N–H and O–H groups in total. The molecular weight excluding hydrogens is 351 g/mol. The molecule has 1 aromatic heterocycles. The van der Waals surface area contributed by atoms with Crippen molar-refractivity contribution in [2.24, 2.45) is 5.92 Å². The number of carbonyl (C=O) groups excluding carboxylic acids is 1. The quantitative estimate of drug-likeness (QED) is 0.528. The summed E-state index contributed by atoms with van der Waals surface area (Å²) >= 11 is 0. The highest BCUT2D eigenvalue weighted by Crippen LogP contribution is 2.34. The smallest absolute Gasteiger partial charge is 0.220 e. The van der Waals surface area contributed by atoms with Crippen molar-refractivity contribution < 1.29 is 9.18 Å². The van der Waals surface area contributed by atoms with Crippen molar-refractivity contribution in [1.82, 2.24) is 10.3 Å². The molecule has 0 aliphatic rings. The van der Waals surface area contributed by atoms with Crippen LogP contribution in [0.25, 0.3) is 10.9 Å². The first kappa shape index (κ1) is 20.1. The minimum absolute atomic E-state index is 0.0240. The van der Waals surface area contributed by atoms with Crippen LogP contribution in [-0.4, -0.2) is 17.4 Å². The van der Waals surface area contributed by atoms with Crippen LogP contribution in [0.15, 0.2) is 48.7 Å². The maximum Gasteiger partial charge on any atom is 0.220 e. The molecule has 3 aromatic rings. The average molecular weight is 381 g/mol. The third-order valence-electron chi connectivity index (χ3n) is 5.30. The van der Waals surface area contributed by atoms with Crippen molar-refractivity contribution in [3.05, 3.63) is 71.2 Å². The van der Waals surface area contributed by atoms with Crippen LogP contribution in [0.2, 0.25) is 0 Å². The van der Waals surface area contributed by atoms with Gasteiger partial charge in [-0.25, -0.2) is 4.39 Å². The second-order valence-electron chi connectivity index (χ2n) is 7.78. The molecule has 28 heavy (non-hydrogen) atoms. The molecule has 1 unspecified atom stereocenters. The SMILES string of the molecule is CCc1cccc2c(C(CC(=O)NCCC(C)C)c3ccc(F)cc3)c[nH]c12. The number of rotatable bonds is 8. The van der Waals surface area contributed by atoms with E-state index in [0.717, 1.165) is 34.9 Å². The summed E-state index contributed by atoms with van der Waals surface area (Å²) in [5.41, 5.74) is 4.40. The molecule has 0 aliphatic carbocycles. The van der Waals surface area contributed by atoms with Gasteiger partial charge in [0.1, 0.15) is 5.82 Å². The van der Waals surface area contributed by atoms with E-state index in [1.807, 2.05) is 6.20 Å². The summed E-state index contributed by atoms with van der Waals surface area (Å²) in [5.74, 6) is 0.182. The molecular formula is C24H29FN2O. The third-order valence-corrected chi connectivity index (χ3v) is 5.30. The summed E-state index contributed by atoms with van der Waals surface area (Å²) in [4.78, 5) is 16.0. The minimum Gasteiger partial charge on any atom is -0.361 e. The van der Waals surface area contributed by atoms with E-state index in [4.69, 9.17) is 0 Å². The minimum atomic E-state index is -0.268. The van der Waals surface area contributed by atoms with Gasteiger partial charge in [0.15, 0.2) is 0 Å². The van der Waals surface area contributed by atoms with Gasteiger partial charge in [0.25, 0.3) is 0 Å². The van der Waals surface area contributed by atoms with Crippen molar-refractivity contribution in [1.29, 1.82) is 0 Å². The number of H-pyrrole nitrogens is 1. The molecule has 0 aliphatic heterocycles. The second-order valence-corrected chi connectivity index (χ2v) is 7.78. The highest BCUT2D eigenvalue weighted by atomic mass is 19.1. The fourth-order valence-electron chi connectivity index (χ4n) is 3.68. The molecule has 4 heteroatoms. The van der Waals surface area contributed by atoms with Gasteiger partial charge in [0, 0.05) is 36.0 Å². The van der Waals surface area contributed by atoms with Crippen molar-refractivity contribution in [2.75, 3.05) is 6.54 Å². The monoisotopic (exact) mass is 380 g/mol. The van der Waals surface area contributed by atoms with E-state index in [-0.39, 0.29) is 17.6 Å². The van der Waals surface area contributed by atoms with E-state index in [0.29, 0.717) is 18.9 Å². The number of amides is 1. The largest absolute Gasteiger partial charge is 0.361 e. The van der Waals surface area contributed by atoms with Crippen molar-refractivity contribution in [3.8, 4) is 0 Å². The summed E-state index contributed by atoms with van der Waals surface area (Å²) in [6, 6.07) is 12.8. The van der Waals surface area contributed by atoms with Crippen LogP contribution in [0, 0.1) is 11.7 Å². The average Bonchev–Trinajstić information content (AvgIpc) is 3.10. The third kappa shape index (κ3) is 4.61. The van der Waals surface area contributed by atoms with E-state index in [1.54, 1.807) is 12.1 Å². The van der Waals surface area contributed by atoms with Crippen LogP contribution in [0.4, 0.5) is 4.39 Å². The van der Waals surface area contributed by atoms with Gasteiger partial charge in [-0.2, -0.15) is 0 Å². The molecule has 0 saturated heterocycles. The van der Waals surface area contributed by atoms with Crippen molar-refractivity contribution >= 4 is 16.8 Å². The van der Waals surface area contributed by atoms with Crippen molar-refractivity contribution in [3.63, 3.8) is 0 Å². The first-order valence-electron chi connectivity index (χ1n) is 10.1. The number of hydrogen-bond donors (Lipinski definition) is 2. The Morgan fingerprint density at radius 1 is 1.14 bits per heavy atom. The first-order valence-corrected chi connectivity index (χ1v) is 10.1. The lowest BCUT2D eigenvalue weighted by Crippen LogP contribution is -2.27. The normalized spacial score (nSPS) is 12.5. The van der Waals surface area contributed by atoms with Gasteiger partial charge in [0.05, 0.1) is 0 Å². The molecule has 1 heterocycles. The van der Waals surface area contributed by atoms with Crippen LogP contribution in [0.5, 0.6) is 0 Å². The van der Waals surface area contributed by atoms with Crippen LogP contribution < -0.4 is 5.32 Å². The van der Waals surface area contributed by atoms with Gasteiger partial charge in [-0.3, -0.25) is 4.79 Å². The lowest BCUT2D eigenvalue weighted by Gasteiger charge is -2.18. The molecule has 0 bridgehead atoms. The number of benzene rings is 2. The van der Waals surface area contributed by atoms with Gasteiger partial charge in [-0.15, -0.1) is 0 Å². The molecule has 2 aromatic carbocycles. The molecule has 1 amide bonds. The Morgan fingerprint density at radius 3 is 2.57 bits per heavy atom. The number of halogens is 1. The Kier molecular flexibility index (Phi) is 6.50. The fourth-order valence-corrected chi connectivity index (χ4v) is 3.68. The Labute approximate surface area is 166 Å². The van der Waals surface area contributed by atoms with Gasteiger partial charge < -0.3 is 10.3 Å². The van der Waals surface area contributed by atoms with Gasteiger partial charge in [-0.1, -0.05) is 51.1 Å². The topological polar surface area (TPSA) is 44.9 Å². The highest BCUT2D eigenvalue weighted by molar-refractivity contribution is 5.88. The maximum absolute atomic E-state index is 13.5. The van der Waals surface area contributed by atoms with Crippen molar-refractivity contribution in [2.45, 2.75) is 46.0 Å². The molecule has 3 rings (SSSR count). The fraction of sp³-hybridized carbons (Fsp3) is 0.375. The first-order chi connectivity index (χ1) is 13.5. The highest BCUT2D eigenvalue weighted by Gasteiger charge is 2.22. The number of aryl methyl sites for hydroxylation is 1. The molecule has 0 radical (unpaired) electrons. The molecule has 3 nitrogen and oxygen atoms in total. The molecule has 148 valence electrons. The number of para-hydroxylation sites is 1. The number of carbonyl (C=O) groups is 1. The predicted octanol–water partition coefficient (Wildman–Crippen LogP) is 5.55.